The van der Waals surface area contributed by atoms with E-state index in [1.165, 1.54) is 18.2 Å². The topological polar surface area (TPSA) is 81.9 Å². The molecule has 1 fully saturated rings. The molecule has 5 aromatic rings. The smallest absolute Gasteiger partial charge is 0.336 e. The van der Waals surface area contributed by atoms with Gasteiger partial charge in [0, 0.05) is 40.8 Å². The van der Waals surface area contributed by atoms with Crippen molar-refractivity contribution in [2.75, 3.05) is 26.2 Å². The number of hydrogen-bond acceptors (Lipinski definition) is 7. The first-order chi connectivity index (χ1) is 16.7. The van der Waals surface area contributed by atoms with Crippen LogP contribution < -0.4 is 10.4 Å². The number of hydrogen-bond donors (Lipinski definition) is 0. The van der Waals surface area contributed by atoms with E-state index in [9.17, 15) is 9.18 Å². The Morgan fingerprint density at radius 2 is 1.91 bits per heavy atom. The molecular weight excluding hydrogens is 439 g/mol. The standard InChI is InChI=1S/C26H23FN2O5/c27-19-3-4-20-21(15-19)34-28-23(20)16-6-10-29(11-7-16)9-1-12-31-26-24-18(8-13-32-24)14-17-2-5-22(30)33-25(17)26/h2-5,8,13-16H,1,6-7,9-12H2. The minimum absolute atomic E-state index is 0.310. The van der Waals surface area contributed by atoms with E-state index in [1.807, 2.05) is 12.1 Å². The van der Waals surface area contributed by atoms with Gasteiger partial charge in [-0.1, -0.05) is 5.16 Å². The van der Waals surface area contributed by atoms with E-state index in [0.29, 0.717) is 35.0 Å². The number of furan rings is 1. The van der Waals surface area contributed by atoms with Gasteiger partial charge in [-0.15, -0.1) is 0 Å². The van der Waals surface area contributed by atoms with Crippen LogP contribution in [0.25, 0.3) is 32.9 Å². The summed E-state index contributed by atoms with van der Waals surface area (Å²) >= 11 is 0. The van der Waals surface area contributed by atoms with E-state index in [2.05, 4.69) is 10.1 Å². The van der Waals surface area contributed by atoms with Gasteiger partial charge in [0.25, 0.3) is 0 Å². The van der Waals surface area contributed by atoms with Crippen molar-refractivity contribution < 1.29 is 22.5 Å². The highest BCUT2D eigenvalue weighted by Gasteiger charge is 2.25. The predicted octanol–water partition coefficient (Wildman–Crippen LogP) is 5.47. The first kappa shape index (κ1) is 20.9. The maximum absolute atomic E-state index is 13.4. The molecule has 4 heterocycles. The van der Waals surface area contributed by atoms with Crippen LogP contribution in [0.3, 0.4) is 0 Å². The molecule has 7 nitrogen and oxygen atoms in total. The van der Waals surface area contributed by atoms with Gasteiger partial charge < -0.3 is 23.0 Å². The molecule has 0 amide bonds. The normalized spacial score (nSPS) is 15.6. The Morgan fingerprint density at radius 3 is 2.79 bits per heavy atom. The number of ether oxygens (including phenoxy) is 1. The fourth-order valence-electron chi connectivity index (χ4n) is 4.85. The highest BCUT2D eigenvalue weighted by atomic mass is 19.1. The summed E-state index contributed by atoms with van der Waals surface area (Å²) in [6.45, 7) is 3.28. The SMILES string of the molecule is O=c1ccc2cc3ccoc3c(OCCCN3CCC(c4noc5cc(F)ccc45)CC3)c2o1. The fourth-order valence-corrected chi connectivity index (χ4v) is 4.85. The summed E-state index contributed by atoms with van der Waals surface area (Å²) in [5, 5.41) is 6.83. The van der Waals surface area contributed by atoms with Crippen molar-refractivity contribution in [2.24, 2.45) is 0 Å². The molecule has 8 heteroatoms. The summed E-state index contributed by atoms with van der Waals surface area (Å²) in [6.07, 6.45) is 4.38. The average molecular weight is 462 g/mol. The Bertz CT molecular complexity index is 1530. The maximum atomic E-state index is 13.4. The Kier molecular flexibility index (Phi) is 5.30. The molecule has 0 saturated carbocycles. The Morgan fingerprint density at radius 1 is 1.06 bits per heavy atom. The average Bonchev–Trinajstić information content (AvgIpc) is 3.48. The molecule has 3 aromatic heterocycles. The Hall–Kier alpha value is -3.65. The summed E-state index contributed by atoms with van der Waals surface area (Å²) in [6, 6.07) is 11.5. The molecule has 1 aliphatic heterocycles. The van der Waals surface area contributed by atoms with E-state index in [1.54, 1.807) is 18.4 Å². The van der Waals surface area contributed by atoms with Crippen LogP contribution in [-0.4, -0.2) is 36.3 Å². The van der Waals surface area contributed by atoms with Gasteiger partial charge in [0.15, 0.2) is 16.7 Å². The molecule has 0 atom stereocenters. The third-order valence-electron chi connectivity index (χ3n) is 6.58. The number of halogens is 1. The van der Waals surface area contributed by atoms with Crippen molar-refractivity contribution in [3.63, 3.8) is 0 Å². The summed E-state index contributed by atoms with van der Waals surface area (Å²) in [4.78, 5) is 14.2. The summed E-state index contributed by atoms with van der Waals surface area (Å²) in [7, 11) is 0. The van der Waals surface area contributed by atoms with Crippen molar-refractivity contribution in [3.8, 4) is 5.75 Å². The van der Waals surface area contributed by atoms with Crippen LogP contribution in [0, 0.1) is 5.82 Å². The fraction of sp³-hybridized carbons (Fsp3) is 0.308. The molecule has 34 heavy (non-hydrogen) atoms. The van der Waals surface area contributed by atoms with Crippen molar-refractivity contribution in [1.82, 2.24) is 10.1 Å². The van der Waals surface area contributed by atoms with Gasteiger partial charge in [-0.05, 0) is 62.7 Å². The quantitative estimate of drug-likeness (QED) is 0.245. The molecule has 0 aliphatic carbocycles. The number of aromatic nitrogens is 1. The van der Waals surface area contributed by atoms with E-state index in [0.717, 1.165) is 60.7 Å². The van der Waals surface area contributed by atoms with Crippen molar-refractivity contribution >= 4 is 32.9 Å². The van der Waals surface area contributed by atoms with Gasteiger partial charge in [0.1, 0.15) is 5.82 Å². The zero-order chi connectivity index (χ0) is 23.1. The first-order valence-corrected chi connectivity index (χ1v) is 11.5. The van der Waals surface area contributed by atoms with Crippen LogP contribution in [0.15, 0.2) is 66.9 Å². The number of benzene rings is 2. The maximum Gasteiger partial charge on any atom is 0.336 e. The van der Waals surface area contributed by atoms with Crippen LogP contribution >= 0.6 is 0 Å². The van der Waals surface area contributed by atoms with E-state index in [-0.39, 0.29) is 5.82 Å². The first-order valence-electron chi connectivity index (χ1n) is 11.5. The van der Waals surface area contributed by atoms with Gasteiger partial charge in [-0.3, -0.25) is 0 Å². The second-order valence-corrected chi connectivity index (χ2v) is 8.74. The van der Waals surface area contributed by atoms with E-state index >= 15 is 0 Å². The minimum atomic E-state index is -0.420. The number of nitrogens with zero attached hydrogens (tertiary/aromatic N) is 2. The van der Waals surface area contributed by atoms with E-state index < -0.39 is 5.63 Å². The van der Waals surface area contributed by atoms with Gasteiger partial charge in [0.05, 0.1) is 18.6 Å². The third-order valence-corrected chi connectivity index (χ3v) is 6.58. The number of piperidine rings is 1. The van der Waals surface area contributed by atoms with Crippen LogP contribution in [0.1, 0.15) is 30.9 Å². The lowest BCUT2D eigenvalue weighted by atomic mass is 9.91. The van der Waals surface area contributed by atoms with Gasteiger partial charge in [-0.2, -0.15) is 0 Å². The molecule has 174 valence electrons. The molecule has 2 aromatic carbocycles. The number of fused-ring (bicyclic) bond motifs is 3. The van der Waals surface area contributed by atoms with Crippen LogP contribution in [0.5, 0.6) is 5.75 Å². The second-order valence-electron chi connectivity index (χ2n) is 8.74. The number of rotatable bonds is 6. The molecular formula is C26H23FN2O5. The lowest BCUT2D eigenvalue weighted by Gasteiger charge is -2.31. The van der Waals surface area contributed by atoms with Gasteiger partial charge in [-0.25, -0.2) is 9.18 Å². The summed E-state index contributed by atoms with van der Waals surface area (Å²) in [5.74, 6) is 0.471. The predicted molar refractivity (Wildman–Crippen MR) is 125 cm³/mol. The van der Waals surface area contributed by atoms with Gasteiger partial charge >= 0.3 is 5.63 Å². The minimum Gasteiger partial charge on any atom is -0.486 e. The zero-order valence-electron chi connectivity index (χ0n) is 18.5. The highest BCUT2D eigenvalue weighted by molar-refractivity contribution is 5.99. The molecule has 0 spiro atoms. The lowest BCUT2D eigenvalue weighted by Crippen LogP contribution is -2.34. The molecule has 0 N–H and O–H groups in total. The monoisotopic (exact) mass is 462 g/mol. The molecule has 0 bridgehead atoms. The van der Waals surface area contributed by atoms with Crippen molar-refractivity contribution in [3.05, 3.63) is 70.7 Å². The summed E-state index contributed by atoms with van der Waals surface area (Å²) < 4.78 is 35.8. The highest BCUT2D eigenvalue weighted by Crippen LogP contribution is 2.35. The molecule has 6 rings (SSSR count). The molecule has 0 radical (unpaired) electrons. The van der Waals surface area contributed by atoms with Gasteiger partial charge in [0.2, 0.25) is 5.75 Å². The number of likely N-dealkylation sites (tertiary alicyclic amines) is 1. The molecule has 1 aliphatic rings. The zero-order valence-corrected chi connectivity index (χ0v) is 18.5. The second kappa shape index (κ2) is 8.61. The third kappa shape index (κ3) is 3.84. The van der Waals surface area contributed by atoms with Crippen LogP contribution in [0.4, 0.5) is 4.39 Å². The summed E-state index contributed by atoms with van der Waals surface area (Å²) in [5.41, 5.74) is 2.01. The van der Waals surface area contributed by atoms with Crippen LogP contribution in [0.2, 0.25) is 0 Å². The van der Waals surface area contributed by atoms with E-state index in [4.69, 9.17) is 18.1 Å². The Labute approximate surface area is 193 Å². The Balaban J connectivity index is 1.07. The van der Waals surface area contributed by atoms with Crippen LogP contribution in [-0.2, 0) is 0 Å². The largest absolute Gasteiger partial charge is 0.486 e. The molecule has 1 saturated heterocycles. The lowest BCUT2D eigenvalue weighted by molar-refractivity contribution is 0.191. The molecule has 0 unspecified atom stereocenters. The van der Waals surface area contributed by atoms with Crippen molar-refractivity contribution in [1.29, 1.82) is 0 Å². The van der Waals surface area contributed by atoms with Crippen molar-refractivity contribution in [2.45, 2.75) is 25.2 Å².